The normalized spacial score (nSPS) is 12.7. The van der Waals surface area contributed by atoms with Gasteiger partial charge in [-0.15, -0.1) is 11.6 Å². The molecule has 1 aromatic carbocycles. The summed E-state index contributed by atoms with van der Waals surface area (Å²) >= 11 is 6.12. The number of benzene rings is 1. The minimum atomic E-state index is -0.295. The lowest BCUT2D eigenvalue weighted by Gasteiger charge is -2.03. The van der Waals surface area contributed by atoms with Gasteiger partial charge < -0.3 is 4.42 Å². The molecule has 0 N–H and O–H groups in total. The first-order valence-corrected chi connectivity index (χ1v) is 4.40. The topological polar surface area (TPSA) is 26.0 Å². The first kappa shape index (κ1) is 8.32. The molecule has 2 aromatic rings. The smallest absolute Gasteiger partial charge is 0.216 e. The highest BCUT2D eigenvalue weighted by atomic mass is 35.5. The fraction of sp³-hybridized carbons (Fsp3) is 0.100. The van der Waals surface area contributed by atoms with Gasteiger partial charge in [-0.25, -0.2) is 4.98 Å². The Morgan fingerprint density at radius 1 is 1.23 bits per heavy atom. The largest absolute Gasteiger partial charge is 0.447 e. The number of alkyl halides is 1. The third kappa shape index (κ3) is 1.73. The lowest BCUT2D eigenvalue weighted by atomic mass is 10.1. The number of hydrogen-bond acceptors (Lipinski definition) is 2. The molecule has 0 aliphatic carbocycles. The maximum atomic E-state index is 6.12. The summed E-state index contributed by atoms with van der Waals surface area (Å²) in [6.45, 7) is 0. The van der Waals surface area contributed by atoms with Crippen LogP contribution in [0.2, 0.25) is 0 Å². The predicted octanol–water partition coefficient (Wildman–Crippen LogP) is 3.00. The molecular weight excluding hydrogens is 186 g/mol. The molecule has 0 amide bonds. The van der Waals surface area contributed by atoms with E-state index in [9.17, 15) is 0 Å². The Labute approximate surface area is 81.2 Å². The molecule has 2 nitrogen and oxygen atoms in total. The monoisotopic (exact) mass is 193 g/mol. The fourth-order valence-corrected chi connectivity index (χ4v) is 1.38. The average Bonchev–Trinajstić information content (AvgIpc) is 2.71. The lowest BCUT2D eigenvalue weighted by molar-refractivity contribution is 0.502. The van der Waals surface area contributed by atoms with E-state index in [2.05, 4.69) is 4.98 Å². The Balaban J connectivity index is 2.29. The molecule has 1 aromatic heterocycles. The molecule has 0 bridgehead atoms. The Hall–Kier alpha value is -1.28. The van der Waals surface area contributed by atoms with Crippen LogP contribution in [0.5, 0.6) is 0 Å². The molecule has 2 rings (SSSR count). The van der Waals surface area contributed by atoms with Crippen molar-refractivity contribution in [2.75, 3.05) is 0 Å². The van der Waals surface area contributed by atoms with Gasteiger partial charge in [0.25, 0.3) is 0 Å². The van der Waals surface area contributed by atoms with Crippen LogP contribution in [0.3, 0.4) is 0 Å². The van der Waals surface area contributed by atoms with Gasteiger partial charge in [-0.05, 0) is 5.56 Å². The van der Waals surface area contributed by atoms with Crippen LogP contribution in [0.4, 0.5) is 0 Å². The van der Waals surface area contributed by atoms with Crippen LogP contribution in [0.1, 0.15) is 16.8 Å². The molecule has 1 atom stereocenters. The molecule has 3 heteroatoms. The third-order valence-corrected chi connectivity index (χ3v) is 2.20. The number of aromatic nitrogens is 1. The predicted molar refractivity (Wildman–Crippen MR) is 50.6 cm³/mol. The van der Waals surface area contributed by atoms with Crippen LogP contribution in [0, 0.1) is 0 Å². The Bertz CT molecular complexity index is 358. The summed E-state index contributed by atoms with van der Waals surface area (Å²) in [5.41, 5.74) is 0.992. The highest BCUT2D eigenvalue weighted by molar-refractivity contribution is 6.22. The molecule has 0 aliphatic rings. The highest BCUT2D eigenvalue weighted by Gasteiger charge is 2.13. The zero-order valence-corrected chi connectivity index (χ0v) is 7.61. The summed E-state index contributed by atoms with van der Waals surface area (Å²) < 4.78 is 5.11. The molecule has 0 spiro atoms. The second-order valence-electron chi connectivity index (χ2n) is 2.64. The second-order valence-corrected chi connectivity index (χ2v) is 3.08. The number of oxazole rings is 1. The van der Waals surface area contributed by atoms with Crippen molar-refractivity contribution in [3.05, 3.63) is 54.2 Å². The van der Waals surface area contributed by atoms with Crippen LogP contribution < -0.4 is 0 Å². The van der Waals surface area contributed by atoms with E-state index in [1.165, 1.54) is 6.26 Å². The lowest BCUT2D eigenvalue weighted by Crippen LogP contribution is -1.92. The molecule has 0 fully saturated rings. The van der Waals surface area contributed by atoms with Gasteiger partial charge in [0, 0.05) is 0 Å². The van der Waals surface area contributed by atoms with Gasteiger partial charge in [-0.2, -0.15) is 0 Å². The molecule has 66 valence electrons. The summed E-state index contributed by atoms with van der Waals surface area (Å²) in [6.07, 6.45) is 3.11. The van der Waals surface area contributed by atoms with E-state index in [-0.39, 0.29) is 5.38 Å². The van der Waals surface area contributed by atoms with Crippen LogP contribution >= 0.6 is 11.6 Å². The van der Waals surface area contributed by atoms with Gasteiger partial charge in [-0.3, -0.25) is 0 Å². The molecule has 1 unspecified atom stereocenters. The van der Waals surface area contributed by atoms with E-state index < -0.39 is 0 Å². The van der Waals surface area contributed by atoms with Gasteiger partial charge in [-0.1, -0.05) is 30.3 Å². The first-order valence-electron chi connectivity index (χ1n) is 3.96. The van der Waals surface area contributed by atoms with Crippen molar-refractivity contribution in [3.8, 4) is 0 Å². The Morgan fingerprint density at radius 2 is 2.00 bits per heavy atom. The SMILES string of the molecule is ClC(c1ccccc1)c1ncco1. The van der Waals surface area contributed by atoms with Crippen LogP contribution in [0.25, 0.3) is 0 Å². The van der Waals surface area contributed by atoms with E-state index in [4.69, 9.17) is 16.0 Å². The second kappa shape index (κ2) is 3.62. The fourth-order valence-electron chi connectivity index (χ4n) is 1.12. The Kier molecular flexibility index (Phi) is 2.32. The van der Waals surface area contributed by atoms with E-state index in [0.717, 1.165) is 5.56 Å². The summed E-state index contributed by atoms with van der Waals surface area (Å²) in [5.74, 6) is 0.535. The van der Waals surface area contributed by atoms with E-state index in [1.54, 1.807) is 6.20 Å². The van der Waals surface area contributed by atoms with Crippen molar-refractivity contribution in [1.82, 2.24) is 4.98 Å². The average molecular weight is 194 g/mol. The highest BCUT2D eigenvalue weighted by Crippen LogP contribution is 2.26. The van der Waals surface area contributed by atoms with Gasteiger partial charge in [0.15, 0.2) is 0 Å². The van der Waals surface area contributed by atoms with E-state index in [0.29, 0.717) is 5.89 Å². The van der Waals surface area contributed by atoms with Gasteiger partial charge in [0.2, 0.25) is 5.89 Å². The number of nitrogens with zero attached hydrogens (tertiary/aromatic N) is 1. The van der Waals surface area contributed by atoms with Crippen molar-refractivity contribution in [3.63, 3.8) is 0 Å². The van der Waals surface area contributed by atoms with Crippen molar-refractivity contribution < 1.29 is 4.42 Å². The van der Waals surface area contributed by atoms with E-state index >= 15 is 0 Å². The molecule has 0 radical (unpaired) electrons. The van der Waals surface area contributed by atoms with Crippen LogP contribution in [-0.2, 0) is 0 Å². The number of halogens is 1. The molecule has 0 aliphatic heterocycles. The van der Waals surface area contributed by atoms with Crippen molar-refractivity contribution in [2.24, 2.45) is 0 Å². The number of rotatable bonds is 2. The molecular formula is C10H8ClNO. The summed E-state index contributed by atoms with van der Waals surface area (Å²) in [5, 5.41) is -0.295. The van der Waals surface area contributed by atoms with Crippen molar-refractivity contribution in [2.45, 2.75) is 5.38 Å². The first-order chi connectivity index (χ1) is 6.38. The Morgan fingerprint density at radius 3 is 2.62 bits per heavy atom. The zero-order valence-electron chi connectivity index (χ0n) is 6.85. The maximum absolute atomic E-state index is 6.12. The molecule has 0 saturated carbocycles. The minimum absolute atomic E-state index is 0.295. The molecule has 0 saturated heterocycles. The summed E-state index contributed by atoms with van der Waals surface area (Å²) in [6, 6.07) is 9.72. The quantitative estimate of drug-likeness (QED) is 0.686. The molecule has 13 heavy (non-hydrogen) atoms. The van der Waals surface area contributed by atoms with E-state index in [1.807, 2.05) is 30.3 Å². The zero-order chi connectivity index (χ0) is 9.10. The maximum Gasteiger partial charge on any atom is 0.216 e. The standard InChI is InChI=1S/C10H8ClNO/c11-9(10-12-6-7-13-10)8-4-2-1-3-5-8/h1-7,9H. The van der Waals surface area contributed by atoms with Crippen LogP contribution in [-0.4, -0.2) is 4.98 Å². The van der Waals surface area contributed by atoms with Gasteiger partial charge in [0.05, 0.1) is 6.20 Å². The van der Waals surface area contributed by atoms with Crippen molar-refractivity contribution in [1.29, 1.82) is 0 Å². The van der Waals surface area contributed by atoms with Crippen LogP contribution in [0.15, 0.2) is 47.2 Å². The third-order valence-electron chi connectivity index (χ3n) is 1.76. The minimum Gasteiger partial charge on any atom is -0.447 e. The molecule has 1 heterocycles. The van der Waals surface area contributed by atoms with Crippen molar-refractivity contribution >= 4 is 11.6 Å². The summed E-state index contributed by atoms with van der Waals surface area (Å²) in [7, 11) is 0. The number of hydrogen-bond donors (Lipinski definition) is 0. The van der Waals surface area contributed by atoms with Gasteiger partial charge in [0.1, 0.15) is 11.6 Å². The van der Waals surface area contributed by atoms with Gasteiger partial charge >= 0.3 is 0 Å². The summed E-state index contributed by atoms with van der Waals surface area (Å²) in [4.78, 5) is 3.99.